The van der Waals surface area contributed by atoms with E-state index in [4.69, 9.17) is 5.73 Å². The van der Waals surface area contributed by atoms with Crippen LogP contribution in [0.5, 0.6) is 0 Å². The highest BCUT2D eigenvalue weighted by Crippen LogP contribution is 2.16. The molecule has 0 aromatic carbocycles. The third-order valence-corrected chi connectivity index (χ3v) is 4.00. The van der Waals surface area contributed by atoms with Gasteiger partial charge in [0, 0.05) is 19.3 Å². The van der Waals surface area contributed by atoms with Gasteiger partial charge in [-0.1, -0.05) is 0 Å². The van der Waals surface area contributed by atoms with Gasteiger partial charge in [0.15, 0.2) is 0 Å². The average molecular weight is 265 g/mol. The van der Waals surface area contributed by atoms with E-state index in [1.807, 2.05) is 16.9 Å². The van der Waals surface area contributed by atoms with Crippen molar-refractivity contribution < 1.29 is 0 Å². The molecule has 0 spiro atoms. The van der Waals surface area contributed by atoms with Gasteiger partial charge >= 0.3 is 0 Å². The van der Waals surface area contributed by atoms with Crippen LogP contribution in [-0.4, -0.2) is 59.9 Å². The van der Waals surface area contributed by atoms with E-state index in [1.54, 1.807) is 0 Å². The van der Waals surface area contributed by atoms with Crippen molar-refractivity contribution in [3.8, 4) is 0 Å². The van der Waals surface area contributed by atoms with Gasteiger partial charge in [-0.05, 0) is 65.0 Å². The molecule has 0 bridgehead atoms. The predicted molar refractivity (Wildman–Crippen MR) is 79.0 cm³/mol. The van der Waals surface area contributed by atoms with Crippen LogP contribution < -0.4 is 5.73 Å². The summed E-state index contributed by atoms with van der Waals surface area (Å²) in [6.45, 7) is 5.83. The first-order chi connectivity index (χ1) is 9.13. The zero-order valence-electron chi connectivity index (χ0n) is 12.3. The Morgan fingerprint density at radius 3 is 2.79 bits per heavy atom. The quantitative estimate of drug-likeness (QED) is 0.838. The molecule has 19 heavy (non-hydrogen) atoms. The van der Waals surface area contributed by atoms with E-state index >= 15 is 0 Å². The molecule has 5 nitrogen and oxygen atoms in total. The van der Waals surface area contributed by atoms with E-state index in [2.05, 4.69) is 29.0 Å². The van der Waals surface area contributed by atoms with Gasteiger partial charge in [0.2, 0.25) is 0 Å². The van der Waals surface area contributed by atoms with Crippen molar-refractivity contribution in [3.05, 3.63) is 12.3 Å². The molecule has 0 radical (unpaired) electrons. The van der Waals surface area contributed by atoms with Crippen LogP contribution >= 0.6 is 0 Å². The van der Waals surface area contributed by atoms with Crippen molar-refractivity contribution in [2.75, 3.05) is 46.0 Å². The normalized spacial score (nSPS) is 18.3. The number of hydrogen-bond acceptors (Lipinski definition) is 4. The number of piperidine rings is 1. The van der Waals surface area contributed by atoms with Gasteiger partial charge in [0.05, 0.1) is 0 Å². The Labute approximate surface area is 116 Å². The van der Waals surface area contributed by atoms with Crippen LogP contribution in [0.3, 0.4) is 0 Å². The standard InChI is InChI=1S/C14H27N5/c1-17-9-4-13(5-10-17)12-18(2)7-3-8-19-11-6-14(15)16-19/h6,11,13H,3-5,7-10,12H2,1-2H3,(H2,15,16). The zero-order chi connectivity index (χ0) is 13.7. The van der Waals surface area contributed by atoms with E-state index < -0.39 is 0 Å². The zero-order valence-corrected chi connectivity index (χ0v) is 12.3. The highest BCUT2D eigenvalue weighted by molar-refractivity contribution is 5.23. The van der Waals surface area contributed by atoms with E-state index in [1.165, 1.54) is 32.5 Å². The first-order valence-electron chi connectivity index (χ1n) is 7.29. The molecule has 1 fully saturated rings. The molecule has 1 aliphatic rings. The number of nitrogen functional groups attached to an aromatic ring is 1. The fourth-order valence-electron chi connectivity index (χ4n) is 2.78. The van der Waals surface area contributed by atoms with Crippen LogP contribution in [0.4, 0.5) is 5.82 Å². The molecule has 0 atom stereocenters. The maximum atomic E-state index is 5.60. The van der Waals surface area contributed by atoms with E-state index in [0.29, 0.717) is 5.82 Å². The van der Waals surface area contributed by atoms with Crippen molar-refractivity contribution in [2.45, 2.75) is 25.8 Å². The summed E-state index contributed by atoms with van der Waals surface area (Å²) in [5.41, 5.74) is 5.60. The van der Waals surface area contributed by atoms with Crippen LogP contribution in [0.15, 0.2) is 12.3 Å². The molecular formula is C14H27N5. The maximum Gasteiger partial charge on any atom is 0.145 e. The van der Waals surface area contributed by atoms with E-state index in [0.717, 1.165) is 25.4 Å². The van der Waals surface area contributed by atoms with Gasteiger partial charge in [-0.15, -0.1) is 0 Å². The maximum absolute atomic E-state index is 5.60. The summed E-state index contributed by atoms with van der Waals surface area (Å²) in [6, 6.07) is 1.85. The summed E-state index contributed by atoms with van der Waals surface area (Å²) in [5, 5.41) is 4.20. The minimum Gasteiger partial charge on any atom is -0.382 e. The van der Waals surface area contributed by atoms with Gasteiger partial charge in [-0.25, -0.2) is 0 Å². The lowest BCUT2D eigenvalue weighted by Crippen LogP contribution is -2.36. The van der Waals surface area contributed by atoms with Gasteiger partial charge in [0.1, 0.15) is 5.82 Å². The topological polar surface area (TPSA) is 50.3 Å². The number of likely N-dealkylation sites (tertiary alicyclic amines) is 1. The summed E-state index contributed by atoms with van der Waals surface area (Å²) in [7, 11) is 4.45. The van der Waals surface area contributed by atoms with Crippen LogP contribution in [0.25, 0.3) is 0 Å². The lowest BCUT2D eigenvalue weighted by molar-refractivity contribution is 0.174. The monoisotopic (exact) mass is 265 g/mol. The molecule has 1 aromatic rings. The lowest BCUT2D eigenvalue weighted by Gasteiger charge is -2.31. The Bertz CT molecular complexity index is 368. The molecule has 2 heterocycles. The second kappa shape index (κ2) is 6.91. The summed E-state index contributed by atoms with van der Waals surface area (Å²) in [6.07, 6.45) is 5.77. The van der Waals surface area contributed by atoms with Crippen LogP contribution in [0.1, 0.15) is 19.3 Å². The SMILES string of the molecule is CN1CCC(CN(C)CCCn2ccc(N)n2)CC1. The highest BCUT2D eigenvalue weighted by atomic mass is 15.3. The molecule has 2 rings (SSSR count). The number of aryl methyl sites for hydroxylation is 1. The minimum atomic E-state index is 0.611. The average Bonchev–Trinajstić information content (AvgIpc) is 2.78. The van der Waals surface area contributed by atoms with E-state index in [-0.39, 0.29) is 0 Å². The van der Waals surface area contributed by atoms with Crippen molar-refractivity contribution in [1.82, 2.24) is 19.6 Å². The fraction of sp³-hybridized carbons (Fsp3) is 0.786. The molecule has 0 saturated carbocycles. The van der Waals surface area contributed by atoms with Crippen molar-refractivity contribution in [2.24, 2.45) is 5.92 Å². The Morgan fingerprint density at radius 1 is 1.42 bits per heavy atom. The Kier molecular flexibility index (Phi) is 5.22. The highest BCUT2D eigenvalue weighted by Gasteiger charge is 2.17. The summed E-state index contributed by atoms with van der Waals surface area (Å²) < 4.78 is 1.93. The summed E-state index contributed by atoms with van der Waals surface area (Å²) in [5.74, 6) is 1.49. The van der Waals surface area contributed by atoms with Crippen LogP contribution in [0.2, 0.25) is 0 Å². The Morgan fingerprint density at radius 2 is 2.16 bits per heavy atom. The van der Waals surface area contributed by atoms with Crippen molar-refractivity contribution in [3.63, 3.8) is 0 Å². The lowest BCUT2D eigenvalue weighted by atomic mass is 9.97. The summed E-state index contributed by atoms with van der Waals surface area (Å²) in [4.78, 5) is 4.89. The largest absolute Gasteiger partial charge is 0.382 e. The number of nitrogens with two attached hydrogens (primary N) is 1. The fourth-order valence-corrected chi connectivity index (χ4v) is 2.78. The van der Waals surface area contributed by atoms with Crippen molar-refractivity contribution in [1.29, 1.82) is 0 Å². The smallest absolute Gasteiger partial charge is 0.145 e. The third-order valence-electron chi connectivity index (χ3n) is 4.00. The van der Waals surface area contributed by atoms with Gasteiger partial charge in [-0.2, -0.15) is 5.10 Å². The van der Waals surface area contributed by atoms with E-state index in [9.17, 15) is 0 Å². The first kappa shape index (κ1) is 14.3. The molecule has 0 aliphatic carbocycles. The molecule has 5 heteroatoms. The van der Waals surface area contributed by atoms with Gasteiger partial charge in [-0.3, -0.25) is 4.68 Å². The minimum absolute atomic E-state index is 0.611. The second-order valence-corrected chi connectivity index (χ2v) is 5.87. The van der Waals surface area contributed by atoms with Gasteiger partial charge < -0.3 is 15.5 Å². The molecular weight excluding hydrogens is 238 g/mol. The van der Waals surface area contributed by atoms with Crippen LogP contribution in [-0.2, 0) is 6.54 Å². The molecule has 1 aromatic heterocycles. The molecule has 2 N–H and O–H groups in total. The number of nitrogens with zero attached hydrogens (tertiary/aromatic N) is 4. The summed E-state index contributed by atoms with van der Waals surface area (Å²) >= 11 is 0. The second-order valence-electron chi connectivity index (χ2n) is 5.87. The Hall–Kier alpha value is -1.07. The molecule has 0 amide bonds. The van der Waals surface area contributed by atoms with Gasteiger partial charge in [0.25, 0.3) is 0 Å². The predicted octanol–water partition coefficient (Wildman–Crippen LogP) is 1.13. The van der Waals surface area contributed by atoms with Crippen LogP contribution in [0, 0.1) is 5.92 Å². The number of anilines is 1. The first-order valence-corrected chi connectivity index (χ1v) is 7.29. The molecule has 0 unspecified atom stereocenters. The molecule has 1 aliphatic heterocycles. The third kappa shape index (κ3) is 4.84. The Balaban J connectivity index is 1.60. The molecule has 1 saturated heterocycles. The number of hydrogen-bond donors (Lipinski definition) is 1. The van der Waals surface area contributed by atoms with Crippen molar-refractivity contribution >= 4 is 5.82 Å². The number of aromatic nitrogens is 2. The number of rotatable bonds is 6. The molecule has 108 valence electrons.